The first-order chi connectivity index (χ1) is 17.6. The van der Waals surface area contributed by atoms with Gasteiger partial charge in [0.1, 0.15) is 12.4 Å². The fraction of sp³-hybridized carbons (Fsp3) is 0.200. The van der Waals surface area contributed by atoms with E-state index in [9.17, 15) is 13.2 Å². The second-order valence-electron chi connectivity index (χ2n) is 9.32. The highest BCUT2D eigenvalue weighted by molar-refractivity contribution is 5.87. The summed E-state index contributed by atoms with van der Waals surface area (Å²) < 4.78 is 49.9. The fourth-order valence-corrected chi connectivity index (χ4v) is 4.27. The molecule has 0 aliphatic rings. The van der Waals surface area contributed by atoms with Crippen LogP contribution in [0.5, 0.6) is 5.75 Å². The molecule has 0 atom stereocenters. The number of ether oxygens (including phenoxy) is 1. The summed E-state index contributed by atoms with van der Waals surface area (Å²) >= 11 is 0. The molecule has 5 aromatic rings. The van der Waals surface area contributed by atoms with E-state index in [1.54, 1.807) is 31.2 Å². The Balaban J connectivity index is 1.54. The highest BCUT2D eigenvalue weighted by atomic mass is 19.4. The number of pyridine rings is 1. The molecule has 3 aromatic carbocycles. The highest BCUT2D eigenvalue weighted by Crippen LogP contribution is 2.39. The van der Waals surface area contributed by atoms with Gasteiger partial charge in [-0.05, 0) is 86.8 Å². The van der Waals surface area contributed by atoms with Crippen molar-refractivity contribution in [2.24, 2.45) is 0 Å². The Morgan fingerprint density at radius 1 is 0.811 bits per heavy atom. The average Bonchev–Trinajstić information content (AvgIpc) is 3.21. The van der Waals surface area contributed by atoms with Gasteiger partial charge in [0.15, 0.2) is 5.65 Å². The van der Waals surface area contributed by atoms with Gasteiger partial charge in [0, 0.05) is 5.56 Å². The molecule has 4 nitrogen and oxygen atoms in total. The Labute approximate surface area is 213 Å². The van der Waals surface area contributed by atoms with Crippen LogP contribution in [0.2, 0.25) is 0 Å². The maximum atomic E-state index is 14.2. The van der Waals surface area contributed by atoms with E-state index in [2.05, 4.69) is 10.1 Å². The van der Waals surface area contributed by atoms with Gasteiger partial charge in [-0.15, -0.1) is 0 Å². The third-order valence-electron chi connectivity index (χ3n) is 6.53. The van der Waals surface area contributed by atoms with Crippen molar-refractivity contribution in [3.8, 4) is 22.7 Å². The minimum atomic E-state index is -4.56. The molecule has 0 saturated carbocycles. The average molecular weight is 502 g/mol. The summed E-state index contributed by atoms with van der Waals surface area (Å²) in [5.41, 5.74) is 5.45. The lowest BCUT2D eigenvalue weighted by molar-refractivity contribution is -0.136. The molecule has 2 aromatic heterocycles. The van der Waals surface area contributed by atoms with Crippen molar-refractivity contribution < 1.29 is 17.9 Å². The quantitative estimate of drug-likeness (QED) is 0.246. The molecule has 5 rings (SSSR count). The van der Waals surface area contributed by atoms with Crippen LogP contribution in [0.4, 0.5) is 13.2 Å². The van der Waals surface area contributed by atoms with Gasteiger partial charge >= 0.3 is 6.18 Å². The molecule has 0 radical (unpaired) electrons. The molecule has 0 amide bonds. The molecule has 0 unspecified atom stereocenters. The van der Waals surface area contributed by atoms with Gasteiger partial charge < -0.3 is 4.74 Å². The first-order valence-corrected chi connectivity index (χ1v) is 11.9. The number of benzene rings is 3. The lowest BCUT2D eigenvalue weighted by Gasteiger charge is -2.13. The predicted molar refractivity (Wildman–Crippen MR) is 139 cm³/mol. The van der Waals surface area contributed by atoms with Crippen molar-refractivity contribution in [2.45, 2.75) is 40.5 Å². The number of rotatable bonds is 5. The van der Waals surface area contributed by atoms with Gasteiger partial charge in [-0.1, -0.05) is 35.9 Å². The van der Waals surface area contributed by atoms with Crippen LogP contribution in [0, 0.1) is 27.7 Å². The topological polar surface area (TPSA) is 39.9 Å². The summed E-state index contributed by atoms with van der Waals surface area (Å²) in [4.78, 5) is 4.66. The molecular weight excluding hydrogens is 475 g/mol. The van der Waals surface area contributed by atoms with Crippen molar-refractivity contribution in [1.82, 2.24) is 14.8 Å². The fourth-order valence-electron chi connectivity index (χ4n) is 4.27. The normalized spacial score (nSPS) is 11.8. The summed E-state index contributed by atoms with van der Waals surface area (Å²) in [6, 6.07) is 21.8. The van der Waals surface area contributed by atoms with Crippen molar-refractivity contribution >= 4 is 11.0 Å². The van der Waals surface area contributed by atoms with Crippen LogP contribution in [0.15, 0.2) is 72.8 Å². The van der Waals surface area contributed by atoms with Crippen LogP contribution in [0.3, 0.4) is 0 Å². The third-order valence-corrected chi connectivity index (χ3v) is 6.53. The van der Waals surface area contributed by atoms with Gasteiger partial charge in [-0.3, -0.25) is 0 Å². The number of nitrogens with zero attached hydrogens (tertiary/aromatic N) is 3. The van der Waals surface area contributed by atoms with E-state index in [1.807, 2.05) is 63.2 Å². The molecule has 188 valence electrons. The monoisotopic (exact) mass is 501 g/mol. The summed E-state index contributed by atoms with van der Waals surface area (Å²) in [5.74, 6) is 0.623. The number of hydrogen-bond donors (Lipinski definition) is 0. The Kier molecular flexibility index (Phi) is 6.23. The number of aromatic nitrogens is 3. The van der Waals surface area contributed by atoms with E-state index in [0.717, 1.165) is 22.8 Å². The molecule has 0 aliphatic carbocycles. The number of fused-ring (bicyclic) bond motifs is 1. The molecule has 0 aliphatic heterocycles. The molecule has 0 spiro atoms. The molecule has 0 saturated heterocycles. The molecule has 7 heteroatoms. The van der Waals surface area contributed by atoms with Crippen molar-refractivity contribution in [3.63, 3.8) is 0 Å². The first kappa shape index (κ1) is 24.6. The second-order valence-corrected chi connectivity index (χ2v) is 9.32. The van der Waals surface area contributed by atoms with Crippen molar-refractivity contribution in [3.05, 3.63) is 106 Å². The maximum absolute atomic E-state index is 14.2. The lowest BCUT2D eigenvalue weighted by Crippen LogP contribution is -2.08. The minimum absolute atomic E-state index is 0.00697. The molecule has 0 N–H and O–H groups in total. The first-order valence-electron chi connectivity index (χ1n) is 11.9. The van der Waals surface area contributed by atoms with E-state index in [4.69, 9.17) is 4.74 Å². The number of hydrogen-bond acceptors (Lipinski definition) is 3. The predicted octanol–water partition coefficient (Wildman–Crippen LogP) is 7.92. The smallest absolute Gasteiger partial charge is 0.417 e. The number of alkyl halides is 3. The van der Waals surface area contributed by atoms with Gasteiger partial charge in [-0.25, -0.2) is 9.67 Å². The van der Waals surface area contributed by atoms with Crippen LogP contribution < -0.4 is 4.74 Å². The molecule has 2 heterocycles. The van der Waals surface area contributed by atoms with Gasteiger partial charge in [0.05, 0.1) is 28.0 Å². The summed E-state index contributed by atoms with van der Waals surface area (Å²) in [6.07, 6.45) is -4.56. The molecule has 0 fully saturated rings. The van der Waals surface area contributed by atoms with E-state index < -0.39 is 11.7 Å². The number of aryl methyl sites for hydroxylation is 4. The molecule has 37 heavy (non-hydrogen) atoms. The SMILES string of the molecule is Cc1ccc(COc2ccc(-c3cc(C(F)(F)F)c4c(C)nn(-c5ccc(C)c(C)c5)c4n3)cc2)cc1. The van der Waals surface area contributed by atoms with Crippen LogP contribution >= 0.6 is 0 Å². The zero-order valence-electron chi connectivity index (χ0n) is 21.0. The minimum Gasteiger partial charge on any atom is -0.489 e. The molecule has 0 bridgehead atoms. The van der Waals surface area contributed by atoms with E-state index in [0.29, 0.717) is 23.6 Å². The largest absolute Gasteiger partial charge is 0.489 e. The van der Waals surface area contributed by atoms with Gasteiger partial charge in [-0.2, -0.15) is 18.3 Å². The Morgan fingerprint density at radius 2 is 1.51 bits per heavy atom. The zero-order chi connectivity index (χ0) is 26.3. The Morgan fingerprint density at radius 3 is 2.16 bits per heavy atom. The maximum Gasteiger partial charge on any atom is 0.417 e. The standard InChI is InChI=1S/C30H26F3N3O/c1-18-5-8-22(9-6-18)17-37-25-13-10-23(11-14-25)27-16-26(30(31,32)33)28-21(4)35-36(29(28)34-27)24-12-7-19(2)20(3)15-24/h5-16H,17H2,1-4H3. The van der Waals surface area contributed by atoms with Crippen LogP contribution in [0.1, 0.15) is 33.5 Å². The van der Waals surface area contributed by atoms with Crippen molar-refractivity contribution in [1.29, 1.82) is 0 Å². The molecular formula is C30H26F3N3O. The summed E-state index contributed by atoms with van der Waals surface area (Å²) in [6.45, 7) is 7.94. The van der Waals surface area contributed by atoms with E-state index >= 15 is 0 Å². The zero-order valence-corrected chi connectivity index (χ0v) is 21.0. The highest BCUT2D eigenvalue weighted by Gasteiger charge is 2.36. The second kappa shape index (κ2) is 9.39. The summed E-state index contributed by atoms with van der Waals surface area (Å²) in [7, 11) is 0. The Bertz CT molecular complexity index is 1580. The van der Waals surface area contributed by atoms with E-state index in [1.165, 1.54) is 10.2 Å². The van der Waals surface area contributed by atoms with Crippen molar-refractivity contribution in [2.75, 3.05) is 0 Å². The third kappa shape index (κ3) is 4.94. The van der Waals surface area contributed by atoms with Crippen LogP contribution in [-0.2, 0) is 12.8 Å². The lowest BCUT2D eigenvalue weighted by atomic mass is 10.0. The van der Waals surface area contributed by atoms with Crippen LogP contribution in [-0.4, -0.2) is 14.8 Å². The van der Waals surface area contributed by atoms with Crippen LogP contribution in [0.25, 0.3) is 28.0 Å². The number of halogens is 3. The van der Waals surface area contributed by atoms with Gasteiger partial charge in [0.25, 0.3) is 0 Å². The summed E-state index contributed by atoms with van der Waals surface area (Å²) in [5, 5.41) is 4.45. The van der Waals surface area contributed by atoms with Gasteiger partial charge in [0.2, 0.25) is 0 Å². The Hall–Kier alpha value is -4.13. The van der Waals surface area contributed by atoms with E-state index in [-0.39, 0.29) is 22.4 Å².